The van der Waals surface area contributed by atoms with Gasteiger partial charge in [0.2, 0.25) is 0 Å². The van der Waals surface area contributed by atoms with Crippen LogP contribution in [-0.2, 0) is 4.79 Å². The van der Waals surface area contributed by atoms with Crippen LogP contribution < -0.4 is 0 Å². The van der Waals surface area contributed by atoms with Crippen molar-refractivity contribution < 1.29 is 4.79 Å². The fraction of sp³-hybridized carbons (Fsp3) is 0.170. The van der Waals surface area contributed by atoms with Crippen LogP contribution in [0.15, 0.2) is 168 Å². The standard InChI is InChI=1S/C26H23P.C21H19OP.H3NP2/c1-19-24(21-14-8-4-9-15-21)27-18-26(19,2)23(20-12-6-3-7-13-20)25(27)22-16-10-5-11-17-22;1-15-20(17-11-7-4-8-12-17)23-14-21(15,2)19(18(23)13-22)16-9-5-3-6-10-16;1-3-2/h3-17H,18H2,1-2H3;3-13H,14H2,1-2H3;1H,2H2/t26-,27+;21-,23-;/m01./s1. The van der Waals surface area contributed by atoms with Crippen molar-refractivity contribution in [2.45, 2.75) is 27.7 Å². The molecule has 0 amide bonds. The number of hydrogen-bond acceptors (Lipinski definition) is 2. The highest BCUT2D eigenvalue weighted by Crippen LogP contribution is 2.80. The van der Waals surface area contributed by atoms with Crippen molar-refractivity contribution in [1.82, 2.24) is 0 Å². The summed E-state index contributed by atoms with van der Waals surface area (Å²) in [5.41, 5.74) is 12.6. The fourth-order valence-electron chi connectivity index (χ4n) is 8.79. The number of carbonyl (C=O) groups excluding carboxylic acids is 1. The van der Waals surface area contributed by atoms with Crippen LogP contribution in [0.4, 0.5) is 0 Å². The Morgan fingerprint density at radius 1 is 0.528 bits per heavy atom. The van der Waals surface area contributed by atoms with Gasteiger partial charge in [-0.3, -0.25) is 9.96 Å². The maximum absolute atomic E-state index is 11.9. The van der Waals surface area contributed by atoms with E-state index in [0.29, 0.717) is 8.06 Å². The number of benzene rings is 5. The van der Waals surface area contributed by atoms with Crippen LogP contribution in [0.2, 0.25) is 0 Å². The number of nitrogens with one attached hydrogen (secondary N) is 1. The number of rotatable bonds is 6. The largest absolute Gasteiger partial charge is 0.298 e. The molecule has 5 aromatic rings. The van der Waals surface area contributed by atoms with Crippen molar-refractivity contribution in [3.63, 3.8) is 0 Å². The van der Waals surface area contributed by atoms with Gasteiger partial charge in [-0.2, -0.15) is 0 Å². The van der Waals surface area contributed by atoms with Crippen LogP contribution in [0.1, 0.15) is 55.5 Å². The van der Waals surface area contributed by atoms with E-state index in [4.69, 9.17) is 5.16 Å². The van der Waals surface area contributed by atoms with Gasteiger partial charge in [0.15, 0.2) is 6.29 Å². The van der Waals surface area contributed by atoms with Gasteiger partial charge in [-0.05, 0) is 96.9 Å². The third kappa shape index (κ3) is 6.64. The topological polar surface area (TPSA) is 40.9 Å². The number of fused-ring (bicyclic) bond motifs is 4. The minimum Gasteiger partial charge on any atom is -0.298 e. The van der Waals surface area contributed by atoms with E-state index >= 15 is 0 Å². The first kappa shape index (κ1) is 37.4. The molecule has 0 radical (unpaired) electrons. The Bertz CT molecular complexity index is 2260. The second-order valence-corrected chi connectivity index (χ2v) is 19.5. The van der Waals surface area contributed by atoms with E-state index in [1.54, 1.807) is 21.8 Å². The predicted molar refractivity (Wildman–Crippen MR) is 236 cm³/mol. The highest BCUT2D eigenvalue weighted by molar-refractivity contribution is 7.96. The average Bonchev–Trinajstić information content (AvgIpc) is 3.86. The maximum atomic E-state index is 11.9. The van der Waals surface area contributed by atoms with Crippen LogP contribution in [0.3, 0.4) is 0 Å². The summed E-state index contributed by atoms with van der Waals surface area (Å²) in [7, 11) is 1.93. The molecule has 0 spiro atoms. The lowest BCUT2D eigenvalue weighted by Gasteiger charge is -2.31. The molecule has 264 valence electrons. The summed E-state index contributed by atoms with van der Waals surface area (Å²) in [6, 6.07) is 54.1. The zero-order valence-electron chi connectivity index (χ0n) is 30.8. The van der Waals surface area contributed by atoms with Gasteiger partial charge in [0.05, 0.1) is 0 Å². The van der Waals surface area contributed by atoms with Gasteiger partial charge >= 0.3 is 0 Å². The zero-order valence-corrected chi connectivity index (χ0v) is 34.6. The molecule has 2 nitrogen and oxygen atoms in total. The Balaban J connectivity index is 0.000000155. The molecule has 0 saturated carbocycles. The van der Waals surface area contributed by atoms with Crippen molar-refractivity contribution in [1.29, 1.82) is 5.16 Å². The Labute approximate surface area is 321 Å². The van der Waals surface area contributed by atoms with Gasteiger partial charge in [-0.25, -0.2) is 0 Å². The van der Waals surface area contributed by atoms with E-state index in [0.717, 1.165) is 17.8 Å². The number of allylic oxidation sites excluding steroid dienone is 5. The molecule has 0 saturated heterocycles. The second kappa shape index (κ2) is 15.8. The van der Waals surface area contributed by atoms with E-state index in [-0.39, 0.29) is 18.8 Å². The first-order valence-corrected chi connectivity index (χ1v) is 23.6. The maximum Gasteiger partial charge on any atom is 0.151 e. The van der Waals surface area contributed by atoms with E-state index in [1.807, 2.05) is 12.1 Å². The molecule has 5 atom stereocenters. The fourth-order valence-corrected chi connectivity index (χ4v) is 16.1. The molecule has 0 fully saturated rings. The molecule has 4 bridgehead atoms. The van der Waals surface area contributed by atoms with E-state index in [2.05, 4.69) is 176 Å². The SMILES string of the molecule is CC1=C(c2ccccc2)[P@@]2C[C@]1(C)C(c1ccccc1)=C2c1ccccc1.CC1=C(c2ccccc2)[P@]2C[C@@]1(C)C(c1ccccc1)=C2C=O.N=PP. The normalized spacial score (nSPS) is 23.9. The first-order chi connectivity index (χ1) is 25.8. The monoisotopic (exact) mass is 763 g/mol. The highest BCUT2D eigenvalue weighted by atomic mass is 32.0. The van der Waals surface area contributed by atoms with Crippen molar-refractivity contribution in [3.8, 4) is 0 Å². The van der Waals surface area contributed by atoms with Crippen LogP contribution in [-0.4, -0.2) is 18.6 Å². The van der Waals surface area contributed by atoms with Crippen LogP contribution in [0.5, 0.6) is 0 Å². The zero-order chi connectivity index (χ0) is 37.2. The van der Waals surface area contributed by atoms with Crippen LogP contribution in [0, 0.1) is 16.0 Å². The molecule has 0 aliphatic carbocycles. The third-order valence-electron chi connectivity index (χ3n) is 11.4. The number of aldehydes is 1. The lowest BCUT2D eigenvalue weighted by molar-refractivity contribution is -0.104. The van der Waals surface area contributed by atoms with Crippen molar-refractivity contribution in [2.24, 2.45) is 10.8 Å². The highest BCUT2D eigenvalue weighted by Gasteiger charge is 2.53. The van der Waals surface area contributed by atoms with Crippen molar-refractivity contribution >= 4 is 66.2 Å². The quantitative estimate of drug-likeness (QED) is 0.136. The molecule has 4 heterocycles. The summed E-state index contributed by atoms with van der Waals surface area (Å²) >= 11 is 0. The lowest BCUT2D eigenvalue weighted by Crippen LogP contribution is -2.18. The Hall–Kier alpha value is -3.88. The third-order valence-corrected chi connectivity index (χ3v) is 17.5. The van der Waals surface area contributed by atoms with Gasteiger partial charge in [0.25, 0.3) is 0 Å². The van der Waals surface area contributed by atoms with Crippen molar-refractivity contribution in [3.05, 3.63) is 196 Å². The molecule has 1 N–H and O–H groups in total. The summed E-state index contributed by atoms with van der Waals surface area (Å²) in [6.07, 6.45) is 3.44. The minimum absolute atomic E-state index is 0.00548. The molecule has 4 aliphatic rings. The summed E-state index contributed by atoms with van der Waals surface area (Å²) in [5, 5.41) is 11.8. The molecule has 53 heavy (non-hydrogen) atoms. The summed E-state index contributed by atoms with van der Waals surface area (Å²) in [5.74, 6) is 0. The van der Waals surface area contributed by atoms with Gasteiger partial charge in [-0.15, -0.1) is 0 Å². The molecular weight excluding hydrogens is 718 g/mol. The molecular formula is C47H45NOP4. The Morgan fingerprint density at radius 2 is 0.830 bits per heavy atom. The van der Waals surface area contributed by atoms with Gasteiger partial charge in [0, 0.05) is 24.2 Å². The molecule has 0 aromatic heterocycles. The Morgan fingerprint density at radius 3 is 1.23 bits per heavy atom. The van der Waals surface area contributed by atoms with Crippen LogP contribution >= 0.6 is 32.8 Å². The van der Waals surface area contributed by atoms with E-state index < -0.39 is 7.92 Å². The summed E-state index contributed by atoms with van der Waals surface area (Å²) in [4.78, 5) is 11.9. The van der Waals surface area contributed by atoms with E-state index in [9.17, 15) is 4.79 Å². The average molecular weight is 764 g/mol. The summed E-state index contributed by atoms with van der Waals surface area (Å²) in [6.45, 7) is 9.41. The molecule has 6 heteroatoms. The van der Waals surface area contributed by atoms with E-state index in [1.165, 1.54) is 50.4 Å². The predicted octanol–water partition coefficient (Wildman–Crippen LogP) is 14.5. The Kier molecular flexibility index (Phi) is 11.2. The van der Waals surface area contributed by atoms with Gasteiger partial charge in [0.1, 0.15) is 0 Å². The van der Waals surface area contributed by atoms with Crippen molar-refractivity contribution in [2.75, 3.05) is 12.3 Å². The number of carbonyl (C=O) groups is 1. The molecule has 1 unspecified atom stereocenters. The smallest absolute Gasteiger partial charge is 0.151 e. The second-order valence-electron chi connectivity index (χ2n) is 14.3. The molecule has 4 aliphatic heterocycles. The van der Waals surface area contributed by atoms with Gasteiger partial charge < -0.3 is 0 Å². The number of hydrogen-bond donors (Lipinski definition) is 1. The lowest BCUT2D eigenvalue weighted by atomic mass is 9.73. The summed E-state index contributed by atoms with van der Waals surface area (Å²) < 4.78 is 0. The van der Waals surface area contributed by atoms with Gasteiger partial charge in [-0.1, -0.05) is 186 Å². The molecule has 5 aromatic carbocycles. The first-order valence-electron chi connectivity index (χ1n) is 18.0. The minimum atomic E-state index is -0.532. The molecule has 9 rings (SSSR count). The van der Waals surface area contributed by atoms with Crippen LogP contribution in [0.25, 0.3) is 27.1 Å².